The monoisotopic (exact) mass is 468 g/mol. The fourth-order valence-corrected chi connectivity index (χ4v) is 4.39. The van der Waals surface area contributed by atoms with E-state index in [0.29, 0.717) is 17.3 Å². The molecule has 0 N–H and O–H groups in total. The van der Waals surface area contributed by atoms with Crippen molar-refractivity contribution in [3.63, 3.8) is 0 Å². The molecule has 2 aromatic carbocycles. The topological polar surface area (TPSA) is 101 Å². The predicted octanol–water partition coefficient (Wildman–Crippen LogP) is 3.37. The van der Waals surface area contributed by atoms with Gasteiger partial charge in [-0.3, -0.25) is 24.1 Å². The number of thioether (sulfide) groups is 1. The summed E-state index contributed by atoms with van der Waals surface area (Å²) in [7, 11) is 0. The minimum atomic E-state index is -1.27. The first kappa shape index (κ1) is 22.4. The number of carbonyl (C=O) groups excluding carboxylic acids is 5. The van der Waals surface area contributed by atoms with Crippen LogP contribution in [0.3, 0.4) is 0 Å². The normalized spacial score (nSPS) is 19.7. The maximum absolute atomic E-state index is 13.1. The van der Waals surface area contributed by atoms with Gasteiger partial charge in [0.15, 0.2) is 0 Å². The van der Waals surface area contributed by atoms with Crippen molar-refractivity contribution in [1.82, 2.24) is 4.90 Å². The molecule has 4 amide bonds. The van der Waals surface area contributed by atoms with Crippen LogP contribution in [0.2, 0.25) is 0 Å². The highest BCUT2D eigenvalue weighted by molar-refractivity contribution is 8.18. The Kier molecular flexibility index (Phi) is 6.10. The minimum Gasteiger partial charge on any atom is -0.462 e. The van der Waals surface area contributed by atoms with Gasteiger partial charge in [0.1, 0.15) is 11.9 Å². The molecule has 8 nitrogen and oxygen atoms in total. The fourth-order valence-electron chi connectivity index (χ4n) is 3.51. The molecule has 1 atom stereocenters. The maximum Gasteiger partial charge on any atom is 0.338 e. The van der Waals surface area contributed by atoms with Crippen molar-refractivity contribution in [1.29, 1.82) is 0 Å². The molecule has 1 unspecified atom stereocenters. The van der Waals surface area contributed by atoms with Gasteiger partial charge in [-0.15, -0.1) is 0 Å². The van der Waals surface area contributed by atoms with Crippen molar-refractivity contribution in [3.8, 4) is 0 Å². The minimum absolute atomic E-state index is 0.0732. The van der Waals surface area contributed by atoms with Crippen molar-refractivity contribution >= 4 is 52.5 Å². The highest BCUT2D eigenvalue weighted by Gasteiger charge is 2.50. The van der Waals surface area contributed by atoms with Crippen LogP contribution in [-0.2, 0) is 19.1 Å². The lowest BCUT2D eigenvalue weighted by molar-refractivity contribution is -0.130. The van der Waals surface area contributed by atoms with E-state index in [0.717, 1.165) is 9.80 Å². The van der Waals surface area contributed by atoms with Gasteiger partial charge in [0.25, 0.3) is 17.1 Å². The second kappa shape index (κ2) is 8.99. The number of anilines is 1. The van der Waals surface area contributed by atoms with Gasteiger partial charge in [0.2, 0.25) is 5.91 Å². The van der Waals surface area contributed by atoms with E-state index in [-0.39, 0.29) is 29.2 Å². The SMILES string of the molecule is CCOC(=O)c1ccc(N2C(=O)CC(N3C(=O)S/C(=C\c4ccc(F)cc4)C3=O)C2=O)cc1. The summed E-state index contributed by atoms with van der Waals surface area (Å²) >= 11 is 0.649. The van der Waals surface area contributed by atoms with Gasteiger partial charge in [0, 0.05) is 0 Å². The third kappa shape index (κ3) is 4.29. The molecular formula is C23H17FN2O6S. The van der Waals surface area contributed by atoms with Gasteiger partial charge in [-0.25, -0.2) is 14.1 Å². The van der Waals surface area contributed by atoms with Gasteiger partial charge in [-0.2, -0.15) is 0 Å². The Morgan fingerprint density at radius 3 is 2.39 bits per heavy atom. The van der Waals surface area contributed by atoms with Crippen LogP contribution in [0.5, 0.6) is 0 Å². The van der Waals surface area contributed by atoms with E-state index < -0.39 is 40.8 Å². The van der Waals surface area contributed by atoms with Crippen molar-refractivity contribution in [3.05, 3.63) is 70.4 Å². The number of esters is 1. The molecule has 2 heterocycles. The molecule has 2 aliphatic rings. The summed E-state index contributed by atoms with van der Waals surface area (Å²) < 4.78 is 18.0. The fraction of sp³-hybridized carbons (Fsp3) is 0.174. The van der Waals surface area contributed by atoms with E-state index in [9.17, 15) is 28.4 Å². The third-order valence-electron chi connectivity index (χ3n) is 5.06. The first-order valence-electron chi connectivity index (χ1n) is 9.96. The Morgan fingerprint density at radius 2 is 1.76 bits per heavy atom. The van der Waals surface area contributed by atoms with E-state index >= 15 is 0 Å². The Labute approximate surface area is 192 Å². The maximum atomic E-state index is 13.1. The van der Waals surface area contributed by atoms with Crippen LogP contribution < -0.4 is 4.90 Å². The zero-order chi connectivity index (χ0) is 23.7. The van der Waals surface area contributed by atoms with Crippen LogP contribution in [0.4, 0.5) is 14.9 Å². The molecule has 168 valence electrons. The number of nitrogens with zero attached hydrogens (tertiary/aromatic N) is 2. The van der Waals surface area contributed by atoms with Crippen LogP contribution in [-0.4, -0.2) is 46.5 Å². The molecule has 2 saturated heterocycles. The first-order chi connectivity index (χ1) is 15.8. The van der Waals surface area contributed by atoms with Gasteiger partial charge >= 0.3 is 5.97 Å². The molecule has 0 radical (unpaired) electrons. The standard InChI is InChI=1S/C23H17FN2O6S/c1-2-32-22(30)14-5-9-16(10-6-14)25-19(27)12-17(20(25)28)26-21(29)18(33-23(26)31)11-13-3-7-15(24)8-4-13/h3-11,17H,2,12H2,1H3/b18-11-. The third-order valence-corrected chi connectivity index (χ3v) is 5.95. The summed E-state index contributed by atoms with van der Waals surface area (Å²) in [6.07, 6.45) is 1.08. The molecule has 0 aromatic heterocycles. The lowest BCUT2D eigenvalue weighted by atomic mass is 10.2. The van der Waals surface area contributed by atoms with Gasteiger partial charge in [0.05, 0.1) is 29.2 Å². The summed E-state index contributed by atoms with van der Waals surface area (Å²) in [5.41, 5.74) is 0.988. The van der Waals surface area contributed by atoms with E-state index in [1.165, 1.54) is 54.6 Å². The average molecular weight is 468 g/mol. The van der Waals surface area contributed by atoms with E-state index in [1.807, 2.05) is 0 Å². The van der Waals surface area contributed by atoms with Crippen molar-refractivity contribution < 1.29 is 33.1 Å². The average Bonchev–Trinajstić information content (AvgIpc) is 3.23. The lowest BCUT2D eigenvalue weighted by Gasteiger charge is -2.20. The van der Waals surface area contributed by atoms with Gasteiger partial charge in [-0.05, 0) is 66.7 Å². The number of halogens is 1. The van der Waals surface area contributed by atoms with Crippen LogP contribution in [0.25, 0.3) is 6.08 Å². The predicted molar refractivity (Wildman–Crippen MR) is 118 cm³/mol. The summed E-state index contributed by atoms with van der Waals surface area (Å²) in [5, 5.41) is -0.668. The second-order valence-corrected chi connectivity index (χ2v) is 8.15. The molecular weight excluding hydrogens is 451 g/mol. The largest absolute Gasteiger partial charge is 0.462 e. The summed E-state index contributed by atoms with van der Waals surface area (Å²) in [6.45, 7) is 1.88. The molecule has 0 bridgehead atoms. The Balaban J connectivity index is 1.54. The number of hydrogen-bond acceptors (Lipinski definition) is 7. The van der Waals surface area contributed by atoms with Gasteiger partial charge in [-0.1, -0.05) is 12.1 Å². The van der Waals surface area contributed by atoms with Crippen LogP contribution in [0.15, 0.2) is 53.4 Å². The van der Waals surface area contributed by atoms with Crippen LogP contribution in [0, 0.1) is 5.82 Å². The van der Waals surface area contributed by atoms with Crippen molar-refractivity contribution in [2.75, 3.05) is 11.5 Å². The molecule has 0 spiro atoms. The smallest absolute Gasteiger partial charge is 0.338 e. The Bertz CT molecular complexity index is 1190. The molecule has 33 heavy (non-hydrogen) atoms. The number of ether oxygens (including phenoxy) is 1. The van der Waals surface area contributed by atoms with Crippen LogP contribution >= 0.6 is 11.8 Å². The molecule has 4 rings (SSSR count). The van der Waals surface area contributed by atoms with Crippen LogP contribution in [0.1, 0.15) is 29.3 Å². The molecule has 2 aromatic rings. The van der Waals surface area contributed by atoms with E-state index in [4.69, 9.17) is 4.74 Å². The van der Waals surface area contributed by atoms with Crippen molar-refractivity contribution in [2.45, 2.75) is 19.4 Å². The highest BCUT2D eigenvalue weighted by atomic mass is 32.2. The summed E-state index contributed by atoms with van der Waals surface area (Å²) in [5.74, 6) is -2.96. The number of amides is 4. The van der Waals surface area contributed by atoms with E-state index in [1.54, 1.807) is 6.92 Å². The number of benzene rings is 2. The molecule has 0 saturated carbocycles. The molecule has 2 aliphatic heterocycles. The number of imide groups is 2. The first-order valence-corrected chi connectivity index (χ1v) is 10.8. The highest BCUT2D eigenvalue weighted by Crippen LogP contribution is 2.37. The van der Waals surface area contributed by atoms with E-state index in [2.05, 4.69) is 0 Å². The lowest BCUT2D eigenvalue weighted by Crippen LogP contribution is -2.44. The van der Waals surface area contributed by atoms with Crippen molar-refractivity contribution in [2.24, 2.45) is 0 Å². The number of rotatable bonds is 5. The zero-order valence-electron chi connectivity index (χ0n) is 17.3. The number of hydrogen-bond donors (Lipinski definition) is 0. The zero-order valence-corrected chi connectivity index (χ0v) is 18.1. The second-order valence-electron chi connectivity index (χ2n) is 7.16. The molecule has 10 heteroatoms. The Hall–Kier alpha value is -3.79. The van der Waals surface area contributed by atoms with Gasteiger partial charge < -0.3 is 4.74 Å². The Morgan fingerprint density at radius 1 is 1.09 bits per heavy atom. The quantitative estimate of drug-likeness (QED) is 0.377. The molecule has 2 fully saturated rings. The number of carbonyl (C=O) groups is 5. The summed E-state index contributed by atoms with van der Waals surface area (Å²) in [4.78, 5) is 64.6. The molecule has 0 aliphatic carbocycles. The summed E-state index contributed by atoms with van der Waals surface area (Å²) in [6, 6.07) is 9.78.